The minimum atomic E-state index is -0.291. The SMILES string of the molecule is CC1(CO)COc2c1cc(I)nc2Br. The molecular formula is C9H9BrINO2. The second kappa shape index (κ2) is 3.61. The summed E-state index contributed by atoms with van der Waals surface area (Å²) >= 11 is 5.51. The summed E-state index contributed by atoms with van der Waals surface area (Å²) in [6.07, 6.45) is 0. The van der Waals surface area contributed by atoms with Crippen LogP contribution in [0.25, 0.3) is 0 Å². The second-order valence-electron chi connectivity index (χ2n) is 3.62. The Hall–Kier alpha value is 0.120. The van der Waals surface area contributed by atoms with E-state index in [4.69, 9.17) is 4.74 Å². The molecule has 1 atom stereocenters. The molecule has 2 rings (SSSR count). The minimum Gasteiger partial charge on any atom is -0.489 e. The van der Waals surface area contributed by atoms with Crippen LogP contribution in [0, 0.1) is 3.70 Å². The molecule has 5 heteroatoms. The van der Waals surface area contributed by atoms with Crippen LogP contribution in [0.3, 0.4) is 0 Å². The number of aliphatic hydroxyl groups excluding tert-OH is 1. The summed E-state index contributed by atoms with van der Waals surface area (Å²) in [6, 6.07) is 1.96. The van der Waals surface area contributed by atoms with Crippen molar-refractivity contribution in [3.8, 4) is 5.75 Å². The Kier molecular flexibility index (Phi) is 2.74. The Morgan fingerprint density at radius 1 is 1.79 bits per heavy atom. The first-order valence-electron chi connectivity index (χ1n) is 4.17. The van der Waals surface area contributed by atoms with Gasteiger partial charge in [0.05, 0.1) is 12.0 Å². The number of aromatic nitrogens is 1. The van der Waals surface area contributed by atoms with Crippen LogP contribution in [0.5, 0.6) is 5.75 Å². The Morgan fingerprint density at radius 3 is 3.14 bits per heavy atom. The average molecular weight is 370 g/mol. The fourth-order valence-corrected chi connectivity index (χ4v) is 2.90. The van der Waals surface area contributed by atoms with Gasteiger partial charge in [-0.15, -0.1) is 0 Å². The fraction of sp³-hybridized carbons (Fsp3) is 0.444. The van der Waals surface area contributed by atoms with Gasteiger partial charge in [-0.2, -0.15) is 0 Å². The van der Waals surface area contributed by atoms with Gasteiger partial charge in [-0.05, 0) is 51.5 Å². The maximum absolute atomic E-state index is 9.34. The lowest BCUT2D eigenvalue weighted by Gasteiger charge is -2.18. The van der Waals surface area contributed by atoms with Gasteiger partial charge in [0.15, 0.2) is 5.75 Å². The summed E-state index contributed by atoms with van der Waals surface area (Å²) in [7, 11) is 0. The number of nitrogens with zero attached hydrogens (tertiary/aromatic N) is 1. The molecule has 0 radical (unpaired) electrons. The molecule has 1 aromatic rings. The van der Waals surface area contributed by atoms with Gasteiger partial charge >= 0.3 is 0 Å². The van der Waals surface area contributed by atoms with Crippen molar-refractivity contribution in [2.45, 2.75) is 12.3 Å². The van der Waals surface area contributed by atoms with Crippen LogP contribution in [0.2, 0.25) is 0 Å². The molecule has 76 valence electrons. The van der Waals surface area contributed by atoms with E-state index in [1.807, 2.05) is 13.0 Å². The molecule has 3 nitrogen and oxygen atoms in total. The number of rotatable bonds is 1. The molecule has 0 saturated carbocycles. The van der Waals surface area contributed by atoms with Crippen molar-refractivity contribution < 1.29 is 9.84 Å². The quantitative estimate of drug-likeness (QED) is 0.608. The Morgan fingerprint density at radius 2 is 2.50 bits per heavy atom. The maximum atomic E-state index is 9.34. The van der Waals surface area contributed by atoms with Crippen LogP contribution in [0.4, 0.5) is 0 Å². The molecule has 0 saturated heterocycles. The van der Waals surface area contributed by atoms with Crippen LogP contribution < -0.4 is 4.74 Å². The van der Waals surface area contributed by atoms with Gasteiger partial charge in [-0.1, -0.05) is 0 Å². The van der Waals surface area contributed by atoms with Crippen LogP contribution >= 0.6 is 38.5 Å². The minimum absolute atomic E-state index is 0.0898. The zero-order valence-electron chi connectivity index (χ0n) is 7.55. The van der Waals surface area contributed by atoms with E-state index in [1.54, 1.807) is 0 Å². The van der Waals surface area contributed by atoms with Gasteiger partial charge in [-0.3, -0.25) is 0 Å². The Bertz CT molecular complexity index is 385. The molecule has 1 aliphatic rings. The van der Waals surface area contributed by atoms with E-state index in [9.17, 15) is 5.11 Å². The molecule has 0 aliphatic carbocycles. The first-order valence-corrected chi connectivity index (χ1v) is 6.04. The van der Waals surface area contributed by atoms with Crippen molar-refractivity contribution >= 4 is 38.5 Å². The standard InChI is InChI=1S/C9H9BrINO2/c1-9(3-13)4-14-7-5(9)2-6(11)12-8(7)10/h2,13H,3-4H2,1H3. The zero-order valence-corrected chi connectivity index (χ0v) is 11.3. The van der Waals surface area contributed by atoms with Gasteiger partial charge in [0.2, 0.25) is 0 Å². The van der Waals surface area contributed by atoms with Crippen LogP contribution in [0.15, 0.2) is 10.7 Å². The highest BCUT2D eigenvalue weighted by atomic mass is 127. The van der Waals surface area contributed by atoms with E-state index in [1.165, 1.54) is 0 Å². The number of hydrogen-bond acceptors (Lipinski definition) is 3. The number of fused-ring (bicyclic) bond motifs is 1. The van der Waals surface area contributed by atoms with Gasteiger partial charge < -0.3 is 9.84 Å². The molecular weight excluding hydrogens is 361 g/mol. The van der Waals surface area contributed by atoms with Gasteiger partial charge in [-0.25, -0.2) is 4.98 Å². The molecule has 1 aliphatic heterocycles. The smallest absolute Gasteiger partial charge is 0.156 e. The highest BCUT2D eigenvalue weighted by Gasteiger charge is 2.37. The normalized spacial score (nSPS) is 24.6. The molecule has 0 bridgehead atoms. The molecule has 1 aromatic heterocycles. The summed E-state index contributed by atoms with van der Waals surface area (Å²) in [4.78, 5) is 4.24. The highest BCUT2D eigenvalue weighted by molar-refractivity contribution is 14.1. The molecule has 0 amide bonds. The fourth-order valence-electron chi connectivity index (χ4n) is 1.50. The van der Waals surface area contributed by atoms with Gasteiger partial charge in [0, 0.05) is 5.56 Å². The van der Waals surface area contributed by atoms with E-state index < -0.39 is 0 Å². The van der Waals surface area contributed by atoms with E-state index in [2.05, 4.69) is 43.5 Å². The number of halogens is 2. The monoisotopic (exact) mass is 369 g/mol. The van der Waals surface area contributed by atoms with Gasteiger partial charge in [0.1, 0.15) is 14.9 Å². The molecule has 1 unspecified atom stereocenters. The first kappa shape index (κ1) is 10.6. The van der Waals surface area contributed by atoms with E-state index >= 15 is 0 Å². The topological polar surface area (TPSA) is 42.4 Å². The summed E-state index contributed by atoms with van der Waals surface area (Å²) in [5.74, 6) is 0.766. The van der Waals surface area contributed by atoms with Crippen LogP contribution in [-0.4, -0.2) is 23.3 Å². The van der Waals surface area contributed by atoms with Crippen LogP contribution in [-0.2, 0) is 5.41 Å². The summed E-state index contributed by atoms with van der Waals surface area (Å²) < 4.78 is 7.14. The number of hydrogen-bond donors (Lipinski definition) is 1. The third kappa shape index (κ3) is 1.55. The predicted molar refractivity (Wildman–Crippen MR) is 64.6 cm³/mol. The van der Waals surface area contributed by atoms with E-state index in [-0.39, 0.29) is 12.0 Å². The highest BCUT2D eigenvalue weighted by Crippen LogP contribution is 2.42. The molecule has 1 N–H and O–H groups in total. The van der Waals surface area contributed by atoms with Crippen molar-refractivity contribution in [3.05, 3.63) is 19.9 Å². The third-order valence-electron chi connectivity index (χ3n) is 2.43. The predicted octanol–water partition coefficient (Wildman–Crippen LogP) is 2.09. The molecule has 2 heterocycles. The van der Waals surface area contributed by atoms with E-state index in [0.29, 0.717) is 6.61 Å². The molecule has 14 heavy (non-hydrogen) atoms. The first-order chi connectivity index (χ1) is 6.57. The Labute approximate surface area is 104 Å². The number of pyridine rings is 1. The van der Waals surface area contributed by atoms with Gasteiger partial charge in [0.25, 0.3) is 0 Å². The van der Waals surface area contributed by atoms with Crippen molar-refractivity contribution in [1.29, 1.82) is 0 Å². The number of ether oxygens (including phenoxy) is 1. The number of aliphatic hydroxyl groups is 1. The molecule has 0 aromatic carbocycles. The lowest BCUT2D eigenvalue weighted by molar-refractivity contribution is 0.171. The van der Waals surface area contributed by atoms with E-state index in [0.717, 1.165) is 19.6 Å². The zero-order chi connectivity index (χ0) is 10.3. The lowest BCUT2D eigenvalue weighted by Crippen LogP contribution is -2.28. The Balaban J connectivity index is 2.60. The summed E-state index contributed by atoms with van der Waals surface area (Å²) in [5, 5.41) is 9.34. The van der Waals surface area contributed by atoms with Crippen LogP contribution in [0.1, 0.15) is 12.5 Å². The molecule has 0 spiro atoms. The van der Waals surface area contributed by atoms with Crippen molar-refractivity contribution in [2.75, 3.05) is 13.2 Å². The maximum Gasteiger partial charge on any atom is 0.156 e. The average Bonchev–Trinajstić information content (AvgIpc) is 2.46. The molecule has 0 fully saturated rings. The largest absolute Gasteiger partial charge is 0.489 e. The van der Waals surface area contributed by atoms with Crippen molar-refractivity contribution in [2.24, 2.45) is 0 Å². The van der Waals surface area contributed by atoms with Crippen molar-refractivity contribution in [1.82, 2.24) is 4.98 Å². The third-order valence-corrected chi connectivity index (χ3v) is 3.52. The van der Waals surface area contributed by atoms with Crippen molar-refractivity contribution in [3.63, 3.8) is 0 Å². The summed E-state index contributed by atoms with van der Waals surface area (Å²) in [6.45, 7) is 2.59. The second-order valence-corrected chi connectivity index (χ2v) is 5.48. The lowest BCUT2D eigenvalue weighted by atomic mass is 9.86. The summed E-state index contributed by atoms with van der Waals surface area (Å²) in [5.41, 5.74) is 0.743.